The van der Waals surface area contributed by atoms with E-state index >= 15 is 0 Å². The number of carbonyl (C=O) groups excluding carboxylic acids is 1. The molecule has 3 rings (SSSR count). The van der Waals surface area contributed by atoms with Crippen LogP contribution in [0.4, 0.5) is 13.6 Å². The van der Waals surface area contributed by atoms with Crippen LogP contribution in [0.25, 0.3) is 0 Å². The molecular weight excluding hydrogens is 362 g/mol. The lowest BCUT2D eigenvalue weighted by Crippen LogP contribution is -2.46. The summed E-state index contributed by atoms with van der Waals surface area (Å²) in [7, 11) is 0. The summed E-state index contributed by atoms with van der Waals surface area (Å²) >= 11 is 0. The Bertz CT molecular complexity index is 720. The molecule has 1 atom stereocenters. The molecule has 6 heteroatoms. The molecule has 0 bridgehead atoms. The number of aliphatic hydroxyl groups excluding tert-OH is 1. The van der Waals surface area contributed by atoms with E-state index in [0.29, 0.717) is 26.1 Å². The second-order valence-corrected chi connectivity index (χ2v) is 7.31. The highest BCUT2D eigenvalue weighted by atomic mass is 19.1. The third-order valence-corrected chi connectivity index (χ3v) is 5.32. The normalized spacial score (nSPS) is 17.0. The maximum atomic E-state index is 13.3. The van der Waals surface area contributed by atoms with Crippen LogP contribution in [0.5, 0.6) is 0 Å². The minimum absolute atomic E-state index is 0.0759. The second kappa shape index (κ2) is 9.64. The largest absolute Gasteiger partial charge is 0.396 e. The summed E-state index contributed by atoms with van der Waals surface area (Å²) < 4.78 is 26.6. The van der Waals surface area contributed by atoms with Gasteiger partial charge >= 0.3 is 6.03 Å². The van der Waals surface area contributed by atoms with E-state index in [9.17, 15) is 18.7 Å². The molecule has 1 unspecified atom stereocenters. The molecule has 1 heterocycles. The van der Waals surface area contributed by atoms with Crippen LogP contribution in [0.15, 0.2) is 48.5 Å². The molecule has 0 radical (unpaired) electrons. The first-order chi connectivity index (χ1) is 13.6. The maximum absolute atomic E-state index is 13.3. The van der Waals surface area contributed by atoms with E-state index in [2.05, 4.69) is 5.32 Å². The van der Waals surface area contributed by atoms with E-state index in [4.69, 9.17) is 0 Å². The van der Waals surface area contributed by atoms with Crippen LogP contribution < -0.4 is 5.32 Å². The number of amides is 2. The van der Waals surface area contributed by atoms with Gasteiger partial charge in [0.15, 0.2) is 0 Å². The smallest absolute Gasteiger partial charge is 0.317 e. The number of hydrogen-bond donors (Lipinski definition) is 2. The van der Waals surface area contributed by atoms with Crippen LogP contribution in [0.3, 0.4) is 0 Å². The zero-order valence-electron chi connectivity index (χ0n) is 15.8. The van der Waals surface area contributed by atoms with Gasteiger partial charge in [-0.1, -0.05) is 24.3 Å². The Morgan fingerprint density at radius 1 is 1.07 bits per heavy atom. The van der Waals surface area contributed by atoms with Gasteiger partial charge in [-0.05, 0) is 60.6 Å². The number of nitrogens with zero attached hydrogens (tertiary/aromatic N) is 1. The molecule has 0 spiro atoms. The van der Waals surface area contributed by atoms with Crippen molar-refractivity contribution in [3.63, 3.8) is 0 Å². The van der Waals surface area contributed by atoms with Gasteiger partial charge in [0, 0.05) is 32.2 Å². The monoisotopic (exact) mass is 388 g/mol. The summed E-state index contributed by atoms with van der Waals surface area (Å²) in [6.45, 7) is 1.81. The lowest BCUT2D eigenvalue weighted by molar-refractivity contribution is 0.129. The van der Waals surface area contributed by atoms with Gasteiger partial charge < -0.3 is 15.3 Å². The van der Waals surface area contributed by atoms with Gasteiger partial charge in [0.2, 0.25) is 0 Å². The van der Waals surface area contributed by atoms with Gasteiger partial charge in [-0.25, -0.2) is 13.6 Å². The molecule has 0 saturated carbocycles. The number of likely N-dealkylation sites (tertiary alicyclic amines) is 1. The van der Waals surface area contributed by atoms with Crippen LogP contribution in [-0.4, -0.2) is 42.3 Å². The van der Waals surface area contributed by atoms with Crippen molar-refractivity contribution < 1.29 is 18.7 Å². The lowest BCUT2D eigenvalue weighted by Gasteiger charge is -2.32. The number of piperidine rings is 1. The molecule has 1 fully saturated rings. The van der Waals surface area contributed by atoms with Crippen molar-refractivity contribution >= 4 is 6.03 Å². The van der Waals surface area contributed by atoms with Crippen LogP contribution in [0.1, 0.15) is 36.3 Å². The van der Waals surface area contributed by atoms with Gasteiger partial charge in [-0.3, -0.25) is 0 Å². The number of benzene rings is 2. The van der Waals surface area contributed by atoms with Crippen molar-refractivity contribution in [2.45, 2.75) is 25.2 Å². The van der Waals surface area contributed by atoms with Crippen LogP contribution in [0.2, 0.25) is 0 Å². The summed E-state index contributed by atoms with van der Waals surface area (Å²) in [5, 5.41) is 12.3. The fourth-order valence-corrected chi connectivity index (χ4v) is 3.75. The van der Waals surface area contributed by atoms with Crippen molar-refractivity contribution in [3.8, 4) is 0 Å². The van der Waals surface area contributed by atoms with E-state index in [1.54, 1.807) is 29.2 Å². The Kier molecular flexibility index (Phi) is 6.98. The number of hydrogen-bond acceptors (Lipinski definition) is 2. The third kappa shape index (κ3) is 5.29. The first-order valence-corrected chi connectivity index (χ1v) is 9.71. The fraction of sp³-hybridized carbons (Fsp3) is 0.409. The highest BCUT2D eigenvalue weighted by molar-refractivity contribution is 5.74. The molecule has 2 aromatic rings. The molecule has 2 amide bonds. The van der Waals surface area contributed by atoms with Gasteiger partial charge in [-0.15, -0.1) is 0 Å². The predicted molar refractivity (Wildman–Crippen MR) is 104 cm³/mol. The summed E-state index contributed by atoms with van der Waals surface area (Å²) in [5.41, 5.74) is 1.83. The minimum atomic E-state index is -0.307. The lowest BCUT2D eigenvalue weighted by atomic mass is 9.88. The highest BCUT2D eigenvalue weighted by Gasteiger charge is 2.23. The Morgan fingerprint density at radius 2 is 1.64 bits per heavy atom. The molecule has 2 N–H and O–H groups in total. The zero-order chi connectivity index (χ0) is 19.9. The summed E-state index contributed by atoms with van der Waals surface area (Å²) in [6, 6.07) is 12.4. The second-order valence-electron chi connectivity index (χ2n) is 7.31. The zero-order valence-corrected chi connectivity index (χ0v) is 15.8. The molecule has 1 saturated heterocycles. The first-order valence-electron chi connectivity index (χ1n) is 9.71. The molecule has 150 valence electrons. The number of halogens is 2. The Balaban J connectivity index is 1.64. The van der Waals surface area contributed by atoms with E-state index in [1.165, 1.54) is 24.3 Å². The topological polar surface area (TPSA) is 52.6 Å². The highest BCUT2D eigenvalue weighted by Crippen LogP contribution is 2.28. The average molecular weight is 388 g/mol. The minimum Gasteiger partial charge on any atom is -0.396 e. The molecule has 4 nitrogen and oxygen atoms in total. The summed E-state index contributed by atoms with van der Waals surface area (Å²) in [4.78, 5) is 14.2. The van der Waals surface area contributed by atoms with Gasteiger partial charge in [0.1, 0.15) is 11.6 Å². The van der Waals surface area contributed by atoms with E-state index in [0.717, 1.165) is 24.0 Å². The molecule has 0 aliphatic carbocycles. The number of carbonyl (C=O) groups is 1. The van der Waals surface area contributed by atoms with Crippen LogP contribution in [-0.2, 0) is 0 Å². The average Bonchev–Trinajstić information content (AvgIpc) is 2.73. The van der Waals surface area contributed by atoms with E-state index in [1.807, 2.05) is 0 Å². The van der Waals surface area contributed by atoms with Crippen molar-refractivity contribution in [1.29, 1.82) is 0 Å². The van der Waals surface area contributed by atoms with Crippen LogP contribution in [0, 0.1) is 17.6 Å². The number of aliphatic hydroxyl groups is 1. The molecule has 2 aromatic carbocycles. The van der Waals surface area contributed by atoms with Crippen molar-refractivity contribution in [1.82, 2.24) is 10.2 Å². The fourth-order valence-electron chi connectivity index (χ4n) is 3.75. The van der Waals surface area contributed by atoms with Gasteiger partial charge in [0.25, 0.3) is 0 Å². The van der Waals surface area contributed by atoms with Crippen molar-refractivity contribution in [3.05, 3.63) is 71.3 Å². The van der Waals surface area contributed by atoms with Crippen LogP contribution >= 0.6 is 0 Å². The number of rotatable bonds is 6. The number of nitrogens with one attached hydrogen (secondary N) is 1. The molecule has 0 aromatic heterocycles. The standard InChI is InChI=1S/C22H26F2N2O2/c23-19-7-3-17(4-8-19)21(18-5-9-20(24)10-6-18)11-12-25-22(28)26-13-1-2-16(14-26)15-27/h3-10,16,21,27H,1-2,11-15H2,(H,25,28). The summed E-state index contributed by atoms with van der Waals surface area (Å²) in [6.07, 6.45) is 2.45. The Morgan fingerprint density at radius 3 is 2.18 bits per heavy atom. The Hall–Kier alpha value is -2.47. The van der Waals surface area contributed by atoms with Gasteiger partial charge in [-0.2, -0.15) is 0 Å². The van der Waals surface area contributed by atoms with E-state index in [-0.39, 0.29) is 36.1 Å². The molecule has 28 heavy (non-hydrogen) atoms. The molecule has 1 aliphatic heterocycles. The SMILES string of the molecule is O=C(NCCC(c1ccc(F)cc1)c1ccc(F)cc1)N1CCCC(CO)C1. The first kappa shape index (κ1) is 20.3. The number of urea groups is 1. The van der Waals surface area contributed by atoms with Gasteiger partial charge in [0.05, 0.1) is 0 Å². The van der Waals surface area contributed by atoms with E-state index < -0.39 is 0 Å². The molecular formula is C22H26F2N2O2. The predicted octanol–water partition coefficient (Wildman–Crippen LogP) is 3.90. The summed E-state index contributed by atoms with van der Waals surface area (Å²) in [5.74, 6) is -0.546. The van der Waals surface area contributed by atoms with Crippen molar-refractivity contribution in [2.24, 2.45) is 5.92 Å². The third-order valence-electron chi connectivity index (χ3n) is 5.32. The molecule has 1 aliphatic rings. The quantitative estimate of drug-likeness (QED) is 0.789. The Labute approximate surface area is 164 Å². The van der Waals surface area contributed by atoms with Crippen molar-refractivity contribution in [2.75, 3.05) is 26.2 Å². The maximum Gasteiger partial charge on any atom is 0.317 e.